The minimum atomic E-state index is -0.0191. The summed E-state index contributed by atoms with van der Waals surface area (Å²) in [6.07, 6.45) is 5.52. The lowest BCUT2D eigenvalue weighted by Gasteiger charge is -2.33. The van der Waals surface area contributed by atoms with Crippen molar-refractivity contribution in [2.24, 2.45) is 5.92 Å². The van der Waals surface area contributed by atoms with Gasteiger partial charge in [-0.15, -0.1) is 0 Å². The highest BCUT2D eigenvalue weighted by molar-refractivity contribution is 6.30. The van der Waals surface area contributed by atoms with E-state index < -0.39 is 0 Å². The number of nitrogens with one attached hydrogen (secondary N) is 1. The quantitative estimate of drug-likeness (QED) is 0.885. The third kappa shape index (κ3) is 2.87. The van der Waals surface area contributed by atoms with Crippen LogP contribution in [0.5, 0.6) is 0 Å². The Hall–Kier alpha value is -1.00. The van der Waals surface area contributed by atoms with Crippen molar-refractivity contribution in [2.75, 3.05) is 13.7 Å². The molecule has 1 saturated carbocycles. The Morgan fingerprint density at radius 1 is 1.50 bits per heavy atom. The van der Waals surface area contributed by atoms with Gasteiger partial charge in [-0.1, -0.05) is 11.6 Å². The standard InChI is InChI=1S/C13H19ClN2O2/c1-16(11-4-2-9(8-17)3-5-11)13(18)12-6-10(14)7-15-12/h6-7,9,11,15,17H,2-5,8H2,1H3. The summed E-state index contributed by atoms with van der Waals surface area (Å²) in [6, 6.07) is 1.92. The average Bonchev–Trinajstić information content (AvgIpc) is 2.84. The lowest BCUT2D eigenvalue weighted by molar-refractivity contribution is 0.0648. The molecular weight excluding hydrogens is 252 g/mol. The molecule has 0 radical (unpaired) electrons. The zero-order valence-electron chi connectivity index (χ0n) is 10.5. The van der Waals surface area contributed by atoms with Crippen molar-refractivity contribution in [3.63, 3.8) is 0 Å². The number of aliphatic hydroxyl groups is 1. The first kappa shape index (κ1) is 13.4. The summed E-state index contributed by atoms with van der Waals surface area (Å²) in [7, 11) is 1.83. The van der Waals surface area contributed by atoms with E-state index >= 15 is 0 Å². The van der Waals surface area contributed by atoms with Gasteiger partial charge in [0.25, 0.3) is 5.91 Å². The Balaban J connectivity index is 1.95. The molecule has 0 aliphatic heterocycles. The number of aromatic nitrogens is 1. The van der Waals surface area contributed by atoms with Gasteiger partial charge in [-0.25, -0.2) is 0 Å². The molecule has 0 saturated heterocycles. The third-order valence-electron chi connectivity index (χ3n) is 3.82. The van der Waals surface area contributed by atoms with Gasteiger partial charge in [0.15, 0.2) is 0 Å². The summed E-state index contributed by atoms with van der Waals surface area (Å²) in [5.74, 6) is 0.388. The van der Waals surface area contributed by atoms with E-state index in [1.54, 1.807) is 17.2 Å². The molecule has 1 fully saturated rings. The molecule has 18 heavy (non-hydrogen) atoms. The number of aromatic amines is 1. The van der Waals surface area contributed by atoms with Crippen molar-refractivity contribution in [2.45, 2.75) is 31.7 Å². The largest absolute Gasteiger partial charge is 0.396 e. The Labute approximate surface area is 112 Å². The van der Waals surface area contributed by atoms with Crippen molar-refractivity contribution in [1.82, 2.24) is 9.88 Å². The van der Waals surface area contributed by atoms with Crippen molar-refractivity contribution in [3.8, 4) is 0 Å². The average molecular weight is 271 g/mol. The smallest absolute Gasteiger partial charge is 0.270 e. The monoisotopic (exact) mass is 270 g/mol. The summed E-state index contributed by atoms with van der Waals surface area (Å²) >= 11 is 5.80. The molecule has 1 aromatic heterocycles. The number of H-pyrrole nitrogens is 1. The first-order valence-electron chi connectivity index (χ1n) is 6.33. The first-order chi connectivity index (χ1) is 8.61. The molecule has 0 aromatic carbocycles. The highest BCUT2D eigenvalue weighted by atomic mass is 35.5. The summed E-state index contributed by atoms with van der Waals surface area (Å²) in [6.45, 7) is 0.261. The van der Waals surface area contributed by atoms with E-state index in [0.29, 0.717) is 16.6 Å². The molecule has 2 rings (SSSR count). The maximum Gasteiger partial charge on any atom is 0.270 e. The van der Waals surface area contributed by atoms with Gasteiger partial charge in [0.2, 0.25) is 0 Å². The Kier molecular flexibility index (Phi) is 4.30. The maximum atomic E-state index is 12.2. The molecule has 0 unspecified atom stereocenters. The SMILES string of the molecule is CN(C(=O)c1cc(Cl)c[nH]1)C1CCC(CO)CC1. The highest BCUT2D eigenvalue weighted by Gasteiger charge is 2.27. The zero-order valence-corrected chi connectivity index (χ0v) is 11.3. The molecule has 2 N–H and O–H groups in total. The first-order valence-corrected chi connectivity index (χ1v) is 6.71. The minimum absolute atomic E-state index is 0.0191. The van der Waals surface area contributed by atoms with Crippen molar-refractivity contribution >= 4 is 17.5 Å². The molecule has 0 bridgehead atoms. The second-order valence-corrected chi connectivity index (χ2v) is 5.44. The van der Waals surface area contributed by atoms with Crippen LogP contribution in [0.2, 0.25) is 5.02 Å². The predicted octanol–water partition coefficient (Wildman–Crippen LogP) is 2.29. The number of amides is 1. The molecule has 5 heteroatoms. The fourth-order valence-electron chi connectivity index (χ4n) is 2.56. The fraction of sp³-hybridized carbons (Fsp3) is 0.615. The number of carbonyl (C=O) groups excluding carboxylic acids is 1. The van der Waals surface area contributed by atoms with Gasteiger partial charge in [-0.2, -0.15) is 0 Å². The van der Waals surface area contributed by atoms with Gasteiger partial charge >= 0.3 is 0 Å². The topological polar surface area (TPSA) is 56.3 Å². The van der Waals surface area contributed by atoms with Gasteiger partial charge in [0.1, 0.15) is 5.69 Å². The van der Waals surface area contributed by atoms with E-state index in [2.05, 4.69) is 4.98 Å². The van der Waals surface area contributed by atoms with E-state index in [1.807, 2.05) is 7.05 Å². The number of hydrogen-bond donors (Lipinski definition) is 2. The van der Waals surface area contributed by atoms with Crippen LogP contribution in [0, 0.1) is 5.92 Å². The van der Waals surface area contributed by atoms with Crippen LogP contribution in [0.15, 0.2) is 12.3 Å². The summed E-state index contributed by atoms with van der Waals surface area (Å²) < 4.78 is 0. The number of hydrogen-bond acceptors (Lipinski definition) is 2. The van der Waals surface area contributed by atoms with Gasteiger partial charge in [0, 0.05) is 25.9 Å². The van der Waals surface area contributed by atoms with Crippen molar-refractivity contribution < 1.29 is 9.90 Å². The molecule has 1 aliphatic rings. The van der Waals surface area contributed by atoms with Crippen LogP contribution < -0.4 is 0 Å². The van der Waals surface area contributed by atoms with Crippen LogP contribution in [0.1, 0.15) is 36.2 Å². The van der Waals surface area contributed by atoms with E-state index in [4.69, 9.17) is 16.7 Å². The van der Waals surface area contributed by atoms with Crippen molar-refractivity contribution in [1.29, 1.82) is 0 Å². The number of rotatable bonds is 3. The van der Waals surface area contributed by atoms with E-state index in [0.717, 1.165) is 25.7 Å². The molecule has 0 atom stereocenters. The normalized spacial score (nSPS) is 23.9. The van der Waals surface area contributed by atoms with Gasteiger partial charge in [-0.3, -0.25) is 4.79 Å². The van der Waals surface area contributed by atoms with E-state index in [-0.39, 0.29) is 18.6 Å². The van der Waals surface area contributed by atoms with Crippen LogP contribution >= 0.6 is 11.6 Å². The maximum absolute atomic E-state index is 12.2. The van der Waals surface area contributed by atoms with E-state index in [1.165, 1.54) is 0 Å². The Morgan fingerprint density at radius 3 is 2.67 bits per heavy atom. The highest BCUT2D eigenvalue weighted by Crippen LogP contribution is 2.27. The molecule has 1 aromatic rings. The summed E-state index contributed by atoms with van der Waals surface area (Å²) in [4.78, 5) is 16.9. The second-order valence-electron chi connectivity index (χ2n) is 5.00. The number of halogens is 1. The van der Waals surface area contributed by atoms with Gasteiger partial charge in [-0.05, 0) is 37.7 Å². The fourth-order valence-corrected chi connectivity index (χ4v) is 2.73. The van der Waals surface area contributed by atoms with Crippen LogP contribution in [0.25, 0.3) is 0 Å². The second kappa shape index (κ2) is 5.76. The predicted molar refractivity (Wildman–Crippen MR) is 70.7 cm³/mol. The van der Waals surface area contributed by atoms with E-state index in [9.17, 15) is 4.79 Å². The van der Waals surface area contributed by atoms with Crippen LogP contribution in [0.3, 0.4) is 0 Å². The summed E-state index contributed by atoms with van der Waals surface area (Å²) in [5.41, 5.74) is 0.534. The number of nitrogens with zero attached hydrogens (tertiary/aromatic N) is 1. The lowest BCUT2D eigenvalue weighted by atomic mass is 9.86. The van der Waals surface area contributed by atoms with Crippen molar-refractivity contribution in [3.05, 3.63) is 23.0 Å². The molecular formula is C13H19ClN2O2. The summed E-state index contributed by atoms with van der Waals surface area (Å²) in [5, 5.41) is 9.66. The minimum Gasteiger partial charge on any atom is -0.396 e. The lowest BCUT2D eigenvalue weighted by Crippen LogP contribution is -2.40. The number of carbonyl (C=O) groups is 1. The van der Waals surface area contributed by atoms with Crippen LogP contribution in [-0.2, 0) is 0 Å². The van der Waals surface area contributed by atoms with Crippen LogP contribution in [-0.4, -0.2) is 40.6 Å². The molecule has 100 valence electrons. The molecule has 1 amide bonds. The Bertz CT molecular complexity index is 411. The third-order valence-corrected chi connectivity index (χ3v) is 4.04. The van der Waals surface area contributed by atoms with Gasteiger partial charge < -0.3 is 15.0 Å². The van der Waals surface area contributed by atoms with Gasteiger partial charge in [0.05, 0.1) is 5.02 Å². The van der Waals surface area contributed by atoms with Crippen LogP contribution in [0.4, 0.5) is 0 Å². The zero-order chi connectivity index (χ0) is 13.1. The molecule has 0 spiro atoms. The number of aliphatic hydroxyl groups excluding tert-OH is 1. The molecule has 1 heterocycles. The molecule has 1 aliphatic carbocycles. The Morgan fingerprint density at radius 2 is 2.17 bits per heavy atom. The molecule has 4 nitrogen and oxygen atoms in total.